The fourth-order valence-electron chi connectivity index (χ4n) is 2.16. The van der Waals surface area contributed by atoms with Crippen molar-refractivity contribution in [2.45, 2.75) is 19.4 Å². The molecule has 0 aliphatic heterocycles. The molecule has 3 N–H and O–H groups in total. The number of rotatable bonds is 6. The summed E-state index contributed by atoms with van der Waals surface area (Å²) in [7, 11) is 1.40. The smallest absolute Gasteiger partial charge is 0.342 e. The van der Waals surface area contributed by atoms with Gasteiger partial charge in [0.2, 0.25) is 0 Å². The van der Waals surface area contributed by atoms with Crippen LogP contribution in [0.2, 0.25) is 5.02 Å². The van der Waals surface area contributed by atoms with Crippen LogP contribution in [0.5, 0.6) is 5.75 Å². The Kier molecular flexibility index (Phi) is 6.25. The van der Waals surface area contributed by atoms with Crippen LogP contribution in [-0.4, -0.2) is 25.1 Å². The van der Waals surface area contributed by atoms with E-state index in [0.717, 1.165) is 0 Å². The first-order valence-electron chi connectivity index (χ1n) is 7.66. The normalized spacial score (nSPS) is 11.5. The summed E-state index contributed by atoms with van der Waals surface area (Å²) in [5.74, 6) is -0.901. The molecule has 1 unspecified atom stereocenters. The fraction of sp³-hybridized carbons (Fsp3) is 0.222. The Morgan fingerprint density at radius 2 is 1.92 bits per heavy atom. The van der Waals surface area contributed by atoms with Gasteiger partial charge in [0.05, 0.1) is 17.8 Å². The van der Waals surface area contributed by atoms with E-state index in [-0.39, 0.29) is 22.0 Å². The Balaban J connectivity index is 2.14. The van der Waals surface area contributed by atoms with E-state index in [1.54, 1.807) is 31.2 Å². The van der Waals surface area contributed by atoms with Crippen molar-refractivity contribution in [3.63, 3.8) is 0 Å². The molecule has 0 fully saturated rings. The third kappa shape index (κ3) is 4.64. The summed E-state index contributed by atoms with van der Waals surface area (Å²) >= 11 is 5.96. The van der Waals surface area contributed by atoms with Gasteiger partial charge in [-0.15, -0.1) is 0 Å². The number of carbonyl (C=O) groups is 2. The number of ether oxygens (including phenoxy) is 2. The van der Waals surface area contributed by atoms with Crippen LogP contribution in [0.15, 0.2) is 42.5 Å². The Labute approximate surface area is 150 Å². The molecule has 0 saturated heterocycles. The van der Waals surface area contributed by atoms with Gasteiger partial charge in [0.15, 0.2) is 6.10 Å². The van der Waals surface area contributed by atoms with Crippen LogP contribution in [-0.2, 0) is 9.53 Å². The number of anilines is 2. The molecule has 0 radical (unpaired) electrons. The molecule has 6 nitrogen and oxygen atoms in total. The van der Waals surface area contributed by atoms with Crippen LogP contribution < -0.4 is 15.8 Å². The molecule has 7 heteroatoms. The monoisotopic (exact) mass is 362 g/mol. The van der Waals surface area contributed by atoms with Crippen LogP contribution in [0.1, 0.15) is 23.7 Å². The van der Waals surface area contributed by atoms with Crippen molar-refractivity contribution >= 4 is 34.9 Å². The van der Waals surface area contributed by atoms with E-state index in [0.29, 0.717) is 12.1 Å². The lowest BCUT2D eigenvalue weighted by molar-refractivity contribution is -0.124. The lowest BCUT2D eigenvalue weighted by Crippen LogP contribution is -2.32. The standard InChI is InChI=1S/C18H19ClN2O4/c1-3-15(17(22)21-11-7-5-4-6-8-11)25-18(23)12-9-13(19)14(20)10-16(12)24-2/h4-10,15H,3,20H2,1-2H3,(H,21,22). The number of para-hydroxylation sites is 1. The molecule has 132 valence electrons. The number of methoxy groups -OCH3 is 1. The first-order valence-corrected chi connectivity index (χ1v) is 8.04. The van der Waals surface area contributed by atoms with Crippen molar-refractivity contribution in [1.82, 2.24) is 0 Å². The Morgan fingerprint density at radius 1 is 1.24 bits per heavy atom. The molecule has 0 aromatic heterocycles. The second-order valence-corrected chi connectivity index (χ2v) is 5.64. The van der Waals surface area contributed by atoms with Gasteiger partial charge in [-0.2, -0.15) is 0 Å². The van der Waals surface area contributed by atoms with E-state index >= 15 is 0 Å². The molecule has 0 bridgehead atoms. The molecule has 2 aromatic rings. The van der Waals surface area contributed by atoms with Crippen molar-refractivity contribution < 1.29 is 19.1 Å². The number of hydrogen-bond acceptors (Lipinski definition) is 5. The summed E-state index contributed by atoms with van der Waals surface area (Å²) in [5.41, 5.74) is 6.70. The molecule has 25 heavy (non-hydrogen) atoms. The highest BCUT2D eigenvalue weighted by Gasteiger charge is 2.24. The molecule has 1 atom stereocenters. The Bertz CT molecular complexity index is 765. The number of esters is 1. The number of carbonyl (C=O) groups excluding carboxylic acids is 2. The maximum Gasteiger partial charge on any atom is 0.342 e. The SMILES string of the molecule is CCC(OC(=O)c1cc(Cl)c(N)cc1OC)C(=O)Nc1ccccc1. The lowest BCUT2D eigenvalue weighted by atomic mass is 10.1. The predicted octanol–water partition coefficient (Wildman–Crippen LogP) is 3.50. The number of nitrogens with two attached hydrogens (primary N) is 1. The highest BCUT2D eigenvalue weighted by Crippen LogP contribution is 2.29. The van der Waals surface area contributed by atoms with E-state index < -0.39 is 18.0 Å². The summed E-state index contributed by atoms with van der Waals surface area (Å²) in [4.78, 5) is 24.8. The van der Waals surface area contributed by atoms with Crippen molar-refractivity contribution in [3.05, 3.63) is 53.1 Å². The fourth-order valence-corrected chi connectivity index (χ4v) is 2.32. The highest BCUT2D eigenvalue weighted by atomic mass is 35.5. The zero-order chi connectivity index (χ0) is 18.4. The number of amides is 1. The van der Waals surface area contributed by atoms with Gasteiger partial charge in [-0.3, -0.25) is 4.79 Å². The van der Waals surface area contributed by atoms with E-state index in [1.165, 1.54) is 19.2 Å². The summed E-state index contributed by atoms with van der Waals surface area (Å²) in [6, 6.07) is 11.7. The summed E-state index contributed by atoms with van der Waals surface area (Å²) < 4.78 is 10.5. The molecule has 0 spiro atoms. The Hall–Kier alpha value is -2.73. The molecule has 0 aliphatic rings. The lowest BCUT2D eigenvalue weighted by Gasteiger charge is -2.17. The zero-order valence-corrected chi connectivity index (χ0v) is 14.7. The zero-order valence-electron chi connectivity index (χ0n) is 13.9. The van der Waals surface area contributed by atoms with Crippen LogP contribution in [0, 0.1) is 0 Å². The average molecular weight is 363 g/mol. The van der Waals surface area contributed by atoms with Crippen molar-refractivity contribution in [2.75, 3.05) is 18.2 Å². The quantitative estimate of drug-likeness (QED) is 0.606. The number of halogens is 1. The minimum atomic E-state index is -0.950. The minimum absolute atomic E-state index is 0.104. The second-order valence-electron chi connectivity index (χ2n) is 5.23. The van der Waals surface area contributed by atoms with Gasteiger partial charge in [0.1, 0.15) is 11.3 Å². The van der Waals surface area contributed by atoms with Gasteiger partial charge < -0.3 is 20.5 Å². The molecule has 2 rings (SSSR count). The molecular formula is C18H19ClN2O4. The van der Waals surface area contributed by atoms with E-state index in [2.05, 4.69) is 5.32 Å². The van der Waals surface area contributed by atoms with Crippen molar-refractivity contribution in [2.24, 2.45) is 0 Å². The third-order valence-corrected chi connectivity index (χ3v) is 3.82. The van der Waals surface area contributed by atoms with Crippen molar-refractivity contribution in [3.8, 4) is 5.75 Å². The molecule has 0 saturated carbocycles. The third-order valence-electron chi connectivity index (χ3n) is 3.49. The molecule has 2 aromatic carbocycles. The average Bonchev–Trinajstić information content (AvgIpc) is 2.62. The maximum absolute atomic E-state index is 12.4. The molecule has 0 aliphatic carbocycles. The topological polar surface area (TPSA) is 90.7 Å². The van der Waals surface area contributed by atoms with Gasteiger partial charge >= 0.3 is 5.97 Å². The number of nitrogen functional groups attached to an aromatic ring is 1. The first kappa shape index (κ1) is 18.6. The molecular weight excluding hydrogens is 344 g/mol. The van der Waals surface area contributed by atoms with E-state index in [4.69, 9.17) is 26.8 Å². The number of hydrogen-bond donors (Lipinski definition) is 2. The van der Waals surface area contributed by atoms with Crippen LogP contribution in [0.4, 0.5) is 11.4 Å². The predicted molar refractivity (Wildman–Crippen MR) is 97.0 cm³/mol. The largest absolute Gasteiger partial charge is 0.496 e. The van der Waals surface area contributed by atoms with Gasteiger partial charge in [-0.1, -0.05) is 36.7 Å². The molecule has 0 heterocycles. The summed E-state index contributed by atoms with van der Waals surface area (Å²) in [6.45, 7) is 1.75. The van der Waals surface area contributed by atoms with Crippen molar-refractivity contribution in [1.29, 1.82) is 0 Å². The first-order chi connectivity index (χ1) is 12.0. The highest BCUT2D eigenvalue weighted by molar-refractivity contribution is 6.33. The van der Waals surface area contributed by atoms with Gasteiger partial charge in [0, 0.05) is 11.8 Å². The summed E-state index contributed by atoms with van der Waals surface area (Å²) in [6.07, 6.45) is -0.635. The number of nitrogens with one attached hydrogen (secondary N) is 1. The van der Waals surface area contributed by atoms with E-state index in [1.807, 2.05) is 6.07 Å². The van der Waals surface area contributed by atoms with E-state index in [9.17, 15) is 9.59 Å². The minimum Gasteiger partial charge on any atom is -0.496 e. The van der Waals surface area contributed by atoms with Crippen LogP contribution in [0.25, 0.3) is 0 Å². The maximum atomic E-state index is 12.4. The van der Waals surface area contributed by atoms with Crippen LogP contribution >= 0.6 is 11.6 Å². The van der Waals surface area contributed by atoms with Gasteiger partial charge in [-0.05, 0) is 24.6 Å². The van der Waals surface area contributed by atoms with Gasteiger partial charge in [0.25, 0.3) is 5.91 Å². The Morgan fingerprint density at radius 3 is 2.52 bits per heavy atom. The summed E-state index contributed by atoms with van der Waals surface area (Å²) in [5, 5.41) is 2.91. The van der Waals surface area contributed by atoms with Gasteiger partial charge in [-0.25, -0.2) is 4.79 Å². The van der Waals surface area contributed by atoms with Crippen LogP contribution in [0.3, 0.4) is 0 Å². The second kappa shape index (κ2) is 8.39. The molecule has 1 amide bonds. The number of benzene rings is 2.